The van der Waals surface area contributed by atoms with E-state index >= 15 is 0 Å². The van der Waals surface area contributed by atoms with Crippen molar-refractivity contribution in [1.29, 1.82) is 0 Å². The molecule has 0 heterocycles. The number of carbonyl (C=O) groups excluding carboxylic acids is 2. The van der Waals surface area contributed by atoms with Crippen molar-refractivity contribution in [2.24, 2.45) is 0 Å². The third kappa shape index (κ3) is 4.57. The van der Waals surface area contributed by atoms with Gasteiger partial charge in [0.25, 0.3) is 11.8 Å². The fraction of sp³-hybridized carbons (Fsp3) is 0.222. The molecular weight excluding hydrogens is 312 g/mol. The molecule has 0 aliphatic rings. The summed E-state index contributed by atoms with van der Waals surface area (Å²) in [5.41, 5.74) is 1.44. The highest BCUT2D eigenvalue weighted by molar-refractivity contribution is 6.34. The van der Waals surface area contributed by atoms with Gasteiger partial charge in [0.1, 0.15) is 0 Å². The first-order chi connectivity index (χ1) is 11.0. The molecule has 2 N–H and O–H groups in total. The number of benzene rings is 2. The maximum absolute atomic E-state index is 12.2. The summed E-state index contributed by atoms with van der Waals surface area (Å²) in [6.45, 7) is 3.95. The predicted octanol–water partition coefficient (Wildman–Crippen LogP) is 4.12. The molecule has 0 fully saturated rings. The molecule has 0 spiro atoms. The number of rotatable bonds is 5. The summed E-state index contributed by atoms with van der Waals surface area (Å²) in [6, 6.07) is 13.7. The number of halogens is 1. The van der Waals surface area contributed by atoms with Gasteiger partial charge < -0.3 is 10.6 Å². The summed E-state index contributed by atoms with van der Waals surface area (Å²) < 4.78 is 0. The number of carbonyl (C=O) groups is 2. The van der Waals surface area contributed by atoms with Crippen LogP contribution in [0.15, 0.2) is 48.5 Å². The van der Waals surface area contributed by atoms with Crippen LogP contribution in [-0.4, -0.2) is 17.9 Å². The molecule has 0 bridgehead atoms. The van der Waals surface area contributed by atoms with Crippen molar-refractivity contribution in [3.8, 4) is 0 Å². The topological polar surface area (TPSA) is 58.2 Å². The van der Waals surface area contributed by atoms with Crippen molar-refractivity contribution in [2.75, 3.05) is 5.32 Å². The van der Waals surface area contributed by atoms with Gasteiger partial charge in [0.2, 0.25) is 0 Å². The first kappa shape index (κ1) is 17.0. The van der Waals surface area contributed by atoms with E-state index < -0.39 is 0 Å². The molecule has 2 amide bonds. The van der Waals surface area contributed by atoms with E-state index in [0.29, 0.717) is 21.8 Å². The molecule has 0 aliphatic carbocycles. The number of anilines is 1. The van der Waals surface area contributed by atoms with Crippen LogP contribution in [0.25, 0.3) is 0 Å². The maximum Gasteiger partial charge on any atom is 0.257 e. The summed E-state index contributed by atoms with van der Waals surface area (Å²) in [4.78, 5) is 24.4. The van der Waals surface area contributed by atoms with Crippen molar-refractivity contribution in [3.63, 3.8) is 0 Å². The van der Waals surface area contributed by atoms with Gasteiger partial charge in [-0.1, -0.05) is 36.7 Å². The average molecular weight is 331 g/mol. The molecule has 0 unspecified atom stereocenters. The number of hydrogen-bond acceptors (Lipinski definition) is 2. The zero-order valence-electron chi connectivity index (χ0n) is 13.1. The Morgan fingerprint density at radius 3 is 2.52 bits per heavy atom. The Kier molecular flexibility index (Phi) is 5.77. The van der Waals surface area contributed by atoms with E-state index in [9.17, 15) is 9.59 Å². The number of amides is 2. The Balaban J connectivity index is 2.13. The fourth-order valence-corrected chi connectivity index (χ4v) is 2.21. The monoisotopic (exact) mass is 330 g/mol. The summed E-state index contributed by atoms with van der Waals surface area (Å²) in [5, 5.41) is 6.04. The van der Waals surface area contributed by atoms with Gasteiger partial charge in [-0.25, -0.2) is 0 Å². The molecule has 120 valence electrons. The van der Waals surface area contributed by atoms with Gasteiger partial charge in [-0.05, 0) is 43.7 Å². The highest BCUT2D eigenvalue weighted by Crippen LogP contribution is 2.18. The molecule has 5 heteroatoms. The van der Waals surface area contributed by atoms with E-state index in [1.54, 1.807) is 48.5 Å². The Bertz CT molecular complexity index is 716. The minimum atomic E-state index is -0.310. The Morgan fingerprint density at radius 1 is 1.09 bits per heavy atom. The van der Waals surface area contributed by atoms with Crippen LogP contribution in [-0.2, 0) is 0 Å². The van der Waals surface area contributed by atoms with Crippen molar-refractivity contribution in [3.05, 3.63) is 64.7 Å². The Hall–Kier alpha value is -2.33. The lowest BCUT2D eigenvalue weighted by Gasteiger charge is -2.12. The quantitative estimate of drug-likeness (QED) is 0.866. The molecule has 1 atom stereocenters. The third-order valence-corrected chi connectivity index (χ3v) is 3.82. The van der Waals surface area contributed by atoms with Gasteiger partial charge in [0, 0.05) is 17.3 Å². The second kappa shape index (κ2) is 7.79. The Labute approximate surface area is 140 Å². The van der Waals surface area contributed by atoms with Crippen LogP contribution in [0.1, 0.15) is 41.0 Å². The lowest BCUT2D eigenvalue weighted by Crippen LogP contribution is -2.31. The van der Waals surface area contributed by atoms with Crippen molar-refractivity contribution in [1.82, 2.24) is 5.32 Å². The van der Waals surface area contributed by atoms with Crippen LogP contribution in [0.4, 0.5) is 5.69 Å². The Morgan fingerprint density at radius 2 is 1.83 bits per heavy atom. The third-order valence-electron chi connectivity index (χ3n) is 3.49. The second-order valence-electron chi connectivity index (χ2n) is 5.30. The zero-order chi connectivity index (χ0) is 16.8. The molecule has 2 aromatic rings. The van der Waals surface area contributed by atoms with Gasteiger partial charge in [0.05, 0.1) is 10.6 Å². The molecule has 0 saturated carbocycles. The van der Waals surface area contributed by atoms with Crippen molar-refractivity contribution >= 4 is 29.1 Å². The smallest absolute Gasteiger partial charge is 0.257 e. The van der Waals surface area contributed by atoms with E-state index in [4.69, 9.17) is 11.6 Å². The molecular formula is C18H19ClN2O2. The molecule has 0 radical (unpaired) electrons. The zero-order valence-corrected chi connectivity index (χ0v) is 13.9. The SMILES string of the molecule is CC[C@H](C)NC(=O)c1cccc(NC(=O)c2ccccc2Cl)c1. The molecule has 0 aliphatic heterocycles. The molecule has 23 heavy (non-hydrogen) atoms. The highest BCUT2D eigenvalue weighted by atomic mass is 35.5. The number of nitrogens with one attached hydrogen (secondary N) is 2. The molecule has 2 rings (SSSR count). The van der Waals surface area contributed by atoms with Crippen LogP contribution < -0.4 is 10.6 Å². The van der Waals surface area contributed by atoms with Gasteiger partial charge >= 0.3 is 0 Å². The molecule has 4 nitrogen and oxygen atoms in total. The molecule has 0 aromatic heterocycles. The summed E-state index contributed by atoms with van der Waals surface area (Å²) in [7, 11) is 0. The molecule has 0 saturated heterocycles. The standard InChI is InChI=1S/C18H19ClN2O2/c1-3-12(2)20-17(22)13-7-6-8-14(11-13)21-18(23)15-9-4-5-10-16(15)19/h4-12H,3H2,1-2H3,(H,20,22)(H,21,23)/t12-/m0/s1. The minimum absolute atomic E-state index is 0.101. The van der Waals surface area contributed by atoms with Crippen molar-refractivity contribution in [2.45, 2.75) is 26.3 Å². The van der Waals surface area contributed by atoms with Crippen LogP contribution in [0.3, 0.4) is 0 Å². The largest absolute Gasteiger partial charge is 0.350 e. The highest BCUT2D eigenvalue weighted by Gasteiger charge is 2.12. The minimum Gasteiger partial charge on any atom is -0.350 e. The normalized spacial score (nSPS) is 11.6. The lowest BCUT2D eigenvalue weighted by atomic mass is 10.1. The van der Waals surface area contributed by atoms with E-state index in [0.717, 1.165) is 6.42 Å². The van der Waals surface area contributed by atoms with Gasteiger partial charge in [-0.2, -0.15) is 0 Å². The second-order valence-corrected chi connectivity index (χ2v) is 5.70. The summed E-state index contributed by atoms with van der Waals surface area (Å²) >= 11 is 6.02. The van der Waals surface area contributed by atoms with Crippen LogP contribution >= 0.6 is 11.6 Å². The first-order valence-electron chi connectivity index (χ1n) is 7.48. The summed E-state index contributed by atoms with van der Waals surface area (Å²) in [6.07, 6.45) is 0.856. The van der Waals surface area contributed by atoms with E-state index in [-0.39, 0.29) is 17.9 Å². The maximum atomic E-state index is 12.2. The van der Waals surface area contributed by atoms with Crippen LogP contribution in [0, 0.1) is 0 Å². The van der Waals surface area contributed by atoms with Crippen LogP contribution in [0.5, 0.6) is 0 Å². The van der Waals surface area contributed by atoms with E-state index in [1.165, 1.54) is 0 Å². The van der Waals surface area contributed by atoms with Gasteiger partial charge in [-0.15, -0.1) is 0 Å². The summed E-state index contributed by atoms with van der Waals surface area (Å²) in [5.74, 6) is -0.469. The molecule has 2 aromatic carbocycles. The first-order valence-corrected chi connectivity index (χ1v) is 7.86. The fourth-order valence-electron chi connectivity index (χ4n) is 1.99. The number of hydrogen-bond donors (Lipinski definition) is 2. The van der Waals surface area contributed by atoms with Crippen molar-refractivity contribution < 1.29 is 9.59 Å². The van der Waals surface area contributed by atoms with Gasteiger partial charge in [0.15, 0.2) is 0 Å². The predicted molar refractivity (Wildman–Crippen MR) is 93.1 cm³/mol. The van der Waals surface area contributed by atoms with Gasteiger partial charge in [-0.3, -0.25) is 9.59 Å². The van der Waals surface area contributed by atoms with Crippen LogP contribution in [0.2, 0.25) is 5.02 Å². The average Bonchev–Trinajstić information content (AvgIpc) is 2.55. The van der Waals surface area contributed by atoms with E-state index in [1.807, 2.05) is 13.8 Å². The lowest BCUT2D eigenvalue weighted by molar-refractivity contribution is 0.0938. The van der Waals surface area contributed by atoms with E-state index in [2.05, 4.69) is 10.6 Å².